The smallest absolute Gasteiger partial charge is 0.212 e. The molecule has 2 N–H and O–H groups in total. The van der Waals surface area contributed by atoms with Crippen molar-refractivity contribution in [1.29, 1.82) is 0 Å². The van der Waals surface area contributed by atoms with Crippen LogP contribution in [-0.2, 0) is 16.6 Å². The number of hydrogen-bond acceptors (Lipinski definition) is 5. The highest BCUT2D eigenvalue weighted by Crippen LogP contribution is 2.14. The van der Waals surface area contributed by atoms with E-state index in [0.717, 1.165) is 37.4 Å². The first-order valence-electron chi connectivity index (χ1n) is 6.57. The summed E-state index contributed by atoms with van der Waals surface area (Å²) in [5.74, 6) is 1.58. The van der Waals surface area contributed by atoms with Gasteiger partial charge in [-0.3, -0.25) is 0 Å². The lowest BCUT2D eigenvalue weighted by molar-refractivity contribution is 0.399. The van der Waals surface area contributed by atoms with Crippen molar-refractivity contribution in [2.24, 2.45) is 5.92 Å². The number of hydrogen-bond donors (Lipinski definition) is 2. The summed E-state index contributed by atoms with van der Waals surface area (Å²) >= 11 is 0. The average Bonchev–Trinajstić information content (AvgIpc) is 2.67. The minimum absolute atomic E-state index is 0.127. The monoisotopic (exact) mass is 287 g/mol. The lowest BCUT2D eigenvalue weighted by Crippen LogP contribution is -2.35. The van der Waals surface area contributed by atoms with Crippen molar-refractivity contribution in [1.82, 2.24) is 15.0 Å². The molecule has 0 atom stereocenters. The SMILES string of the molecule is Cc1nc(CNS(=O)(=O)CC2CCNCC2)oc1C. The van der Waals surface area contributed by atoms with Crippen molar-refractivity contribution in [2.45, 2.75) is 33.2 Å². The van der Waals surface area contributed by atoms with Gasteiger partial charge in [0.1, 0.15) is 5.76 Å². The number of sulfonamides is 1. The summed E-state index contributed by atoms with van der Waals surface area (Å²) in [6.45, 7) is 5.58. The molecule has 1 aromatic rings. The lowest BCUT2D eigenvalue weighted by Gasteiger charge is -2.22. The normalized spacial score (nSPS) is 17.8. The molecular weight excluding hydrogens is 266 g/mol. The van der Waals surface area contributed by atoms with E-state index in [4.69, 9.17) is 4.42 Å². The summed E-state index contributed by atoms with van der Waals surface area (Å²) in [4.78, 5) is 4.16. The molecule has 1 aromatic heterocycles. The number of nitrogens with one attached hydrogen (secondary N) is 2. The number of rotatable bonds is 5. The fourth-order valence-electron chi connectivity index (χ4n) is 2.20. The summed E-state index contributed by atoms with van der Waals surface area (Å²) in [6, 6.07) is 0. The second-order valence-electron chi connectivity index (χ2n) is 5.05. The molecule has 1 aliphatic heterocycles. The second kappa shape index (κ2) is 6.02. The van der Waals surface area contributed by atoms with Crippen LogP contribution in [0, 0.1) is 19.8 Å². The van der Waals surface area contributed by atoms with Crippen molar-refractivity contribution in [3.8, 4) is 0 Å². The van der Waals surface area contributed by atoms with Crippen LogP contribution in [0.25, 0.3) is 0 Å². The lowest BCUT2D eigenvalue weighted by atomic mass is 10.0. The Morgan fingerprint density at radius 2 is 2.05 bits per heavy atom. The Morgan fingerprint density at radius 1 is 1.37 bits per heavy atom. The van der Waals surface area contributed by atoms with Crippen LogP contribution in [0.2, 0.25) is 0 Å². The number of nitrogens with zero attached hydrogens (tertiary/aromatic N) is 1. The molecule has 19 heavy (non-hydrogen) atoms. The molecule has 0 aromatic carbocycles. The van der Waals surface area contributed by atoms with Crippen molar-refractivity contribution in [3.63, 3.8) is 0 Å². The van der Waals surface area contributed by atoms with E-state index in [1.165, 1.54) is 0 Å². The zero-order chi connectivity index (χ0) is 13.9. The standard InChI is InChI=1S/C12H21N3O3S/c1-9-10(2)18-12(15-9)7-14-19(16,17)8-11-3-5-13-6-4-11/h11,13-14H,3-8H2,1-2H3. The van der Waals surface area contributed by atoms with Crippen molar-refractivity contribution >= 4 is 10.0 Å². The molecule has 0 saturated carbocycles. The molecule has 2 rings (SSSR count). The van der Waals surface area contributed by atoms with Crippen LogP contribution in [0.4, 0.5) is 0 Å². The van der Waals surface area contributed by atoms with E-state index in [1.54, 1.807) is 0 Å². The van der Waals surface area contributed by atoms with Crippen LogP contribution in [-0.4, -0.2) is 32.2 Å². The van der Waals surface area contributed by atoms with E-state index < -0.39 is 10.0 Å². The molecule has 2 heterocycles. The summed E-state index contributed by atoms with van der Waals surface area (Å²) in [7, 11) is -3.26. The van der Waals surface area contributed by atoms with Gasteiger partial charge in [0, 0.05) is 0 Å². The van der Waals surface area contributed by atoms with Crippen LogP contribution >= 0.6 is 0 Å². The first kappa shape index (κ1) is 14.5. The molecule has 0 spiro atoms. The molecule has 0 unspecified atom stereocenters. The quantitative estimate of drug-likeness (QED) is 0.833. The maximum absolute atomic E-state index is 12.0. The number of piperidine rings is 1. The molecule has 6 nitrogen and oxygen atoms in total. The van der Waals surface area contributed by atoms with E-state index in [-0.39, 0.29) is 18.2 Å². The van der Waals surface area contributed by atoms with Gasteiger partial charge in [0.2, 0.25) is 15.9 Å². The number of aromatic nitrogens is 1. The van der Waals surface area contributed by atoms with Crippen molar-refractivity contribution in [2.75, 3.05) is 18.8 Å². The second-order valence-corrected chi connectivity index (χ2v) is 6.90. The van der Waals surface area contributed by atoms with Crippen LogP contribution in [0.15, 0.2) is 4.42 Å². The van der Waals surface area contributed by atoms with Crippen LogP contribution in [0.3, 0.4) is 0 Å². The summed E-state index contributed by atoms with van der Waals surface area (Å²) < 4.78 is 31.8. The van der Waals surface area contributed by atoms with Crippen LogP contribution in [0.1, 0.15) is 30.2 Å². The molecule has 1 saturated heterocycles. The Bertz CT molecular complexity index is 499. The van der Waals surface area contributed by atoms with Gasteiger partial charge in [0.15, 0.2) is 0 Å². The van der Waals surface area contributed by atoms with Gasteiger partial charge in [-0.15, -0.1) is 0 Å². The minimum atomic E-state index is -3.26. The maximum atomic E-state index is 12.0. The highest BCUT2D eigenvalue weighted by Gasteiger charge is 2.21. The van der Waals surface area contributed by atoms with Crippen molar-refractivity contribution in [3.05, 3.63) is 17.3 Å². The predicted octanol–water partition coefficient (Wildman–Crippen LogP) is 0.710. The van der Waals surface area contributed by atoms with Gasteiger partial charge in [-0.25, -0.2) is 18.1 Å². The molecule has 0 bridgehead atoms. The highest BCUT2D eigenvalue weighted by molar-refractivity contribution is 7.89. The predicted molar refractivity (Wildman–Crippen MR) is 72.2 cm³/mol. The van der Waals surface area contributed by atoms with Gasteiger partial charge in [-0.1, -0.05) is 0 Å². The Hall–Kier alpha value is -0.920. The van der Waals surface area contributed by atoms with Gasteiger partial charge in [-0.2, -0.15) is 0 Å². The van der Waals surface area contributed by atoms with E-state index >= 15 is 0 Å². The van der Waals surface area contributed by atoms with E-state index in [0.29, 0.717) is 5.89 Å². The maximum Gasteiger partial charge on any atom is 0.212 e. The molecule has 0 radical (unpaired) electrons. The van der Waals surface area contributed by atoms with Gasteiger partial charge in [-0.05, 0) is 45.7 Å². The minimum Gasteiger partial charge on any atom is -0.444 e. The van der Waals surface area contributed by atoms with Gasteiger partial charge >= 0.3 is 0 Å². The van der Waals surface area contributed by atoms with Gasteiger partial charge < -0.3 is 9.73 Å². The highest BCUT2D eigenvalue weighted by atomic mass is 32.2. The fourth-order valence-corrected chi connectivity index (χ4v) is 3.62. The third-order valence-electron chi connectivity index (χ3n) is 3.43. The third kappa shape index (κ3) is 4.29. The Kier molecular flexibility index (Phi) is 4.59. The number of oxazole rings is 1. The molecule has 108 valence electrons. The topological polar surface area (TPSA) is 84.2 Å². The molecule has 0 aliphatic carbocycles. The number of aryl methyl sites for hydroxylation is 2. The zero-order valence-electron chi connectivity index (χ0n) is 11.4. The fraction of sp³-hybridized carbons (Fsp3) is 0.750. The molecule has 0 amide bonds. The molecule has 1 aliphatic rings. The zero-order valence-corrected chi connectivity index (χ0v) is 12.2. The summed E-state index contributed by atoms with van der Waals surface area (Å²) in [5, 5.41) is 3.23. The average molecular weight is 287 g/mol. The van der Waals surface area contributed by atoms with E-state index in [1.807, 2.05) is 13.8 Å². The van der Waals surface area contributed by atoms with E-state index in [2.05, 4.69) is 15.0 Å². The van der Waals surface area contributed by atoms with Crippen molar-refractivity contribution < 1.29 is 12.8 Å². The molecule has 1 fully saturated rings. The first-order chi connectivity index (χ1) is 8.96. The van der Waals surface area contributed by atoms with Gasteiger partial charge in [0.05, 0.1) is 18.0 Å². The first-order valence-corrected chi connectivity index (χ1v) is 8.22. The molecule has 7 heteroatoms. The summed E-state index contributed by atoms with van der Waals surface area (Å²) in [5.41, 5.74) is 0.799. The van der Waals surface area contributed by atoms with Gasteiger partial charge in [0.25, 0.3) is 0 Å². The third-order valence-corrected chi connectivity index (χ3v) is 4.92. The Morgan fingerprint density at radius 3 is 2.63 bits per heavy atom. The summed E-state index contributed by atoms with van der Waals surface area (Å²) in [6.07, 6.45) is 1.83. The Balaban J connectivity index is 1.86. The van der Waals surface area contributed by atoms with Crippen LogP contribution in [0.5, 0.6) is 0 Å². The largest absolute Gasteiger partial charge is 0.444 e. The molecular formula is C12H21N3O3S. The van der Waals surface area contributed by atoms with E-state index in [9.17, 15) is 8.42 Å². The Labute approximate surface area is 114 Å². The van der Waals surface area contributed by atoms with Crippen LogP contribution < -0.4 is 10.0 Å².